The van der Waals surface area contributed by atoms with Gasteiger partial charge >= 0.3 is 5.97 Å². The second-order valence-electron chi connectivity index (χ2n) is 7.28. The summed E-state index contributed by atoms with van der Waals surface area (Å²) in [5.74, 6) is -0.571. The van der Waals surface area contributed by atoms with Crippen molar-refractivity contribution in [3.05, 3.63) is 16.1 Å². The summed E-state index contributed by atoms with van der Waals surface area (Å²) in [5, 5.41) is 11.6. The zero-order valence-electron chi connectivity index (χ0n) is 13.2. The van der Waals surface area contributed by atoms with Crippen LogP contribution in [-0.2, 0) is 4.74 Å². The minimum absolute atomic E-state index is 0.179. The number of hydrogen-bond donors (Lipinski definition) is 1. The molecule has 2 aliphatic rings. The summed E-state index contributed by atoms with van der Waals surface area (Å²) >= 11 is 1.48. The van der Waals surface area contributed by atoms with Crippen molar-refractivity contribution in [2.24, 2.45) is 5.41 Å². The lowest BCUT2D eigenvalue weighted by Gasteiger charge is -2.33. The summed E-state index contributed by atoms with van der Waals surface area (Å²) in [4.78, 5) is 17.7. The molecule has 2 aliphatic heterocycles. The highest BCUT2D eigenvalue weighted by Crippen LogP contribution is 2.34. The summed E-state index contributed by atoms with van der Waals surface area (Å²) in [5.41, 5.74) is 0.476. The van der Waals surface area contributed by atoms with E-state index in [0.717, 1.165) is 50.5 Å². The number of thiazole rings is 1. The molecule has 22 heavy (non-hydrogen) atoms. The monoisotopic (exact) mass is 324 g/mol. The molecule has 3 heterocycles. The Labute approximate surface area is 135 Å². The van der Waals surface area contributed by atoms with Crippen molar-refractivity contribution < 1.29 is 14.6 Å². The highest BCUT2D eigenvalue weighted by Gasteiger charge is 2.34. The van der Waals surface area contributed by atoms with Gasteiger partial charge in [-0.1, -0.05) is 13.8 Å². The predicted molar refractivity (Wildman–Crippen MR) is 85.6 cm³/mol. The SMILES string of the molecule is CC1(C)COC(CN2CCCC(c3nc(C(=O)O)cs3)C2)C1. The van der Waals surface area contributed by atoms with E-state index in [-0.39, 0.29) is 5.69 Å². The number of nitrogens with zero attached hydrogens (tertiary/aromatic N) is 2. The summed E-state index contributed by atoms with van der Waals surface area (Å²) in [6, 6.07) is 0. The first-order valence-electron chi connectivity index (χ1n) is 7.96. The molecule has 0 aromatic carbocycles. The van der Waals surface area contributed by atoms with E-state index in [1.165, 1.54) is 11.3 Å². The minimum atomic E-state index is -0.934. The number of aromatic carboxylic acids is 1. The fourth-order valence-electron chi connectivity index (χ4n) is 3.48. The Hall–Kier alpha value is -0.980. The van der Waals surface area contributed by atoms with E-state index in [2.05, 4.69) is 23.7 Å². The second kappa shape index (κ2) is 6.26. The Bertz CT molecular complexity index is 543. The molecule has 122 valence electrons. The lowest BCUT2D eigenvalue weighted by molar-refractivity contribution is 0.0587. The Kier molecular flexibility index (Phi) is 4.52. The van der Waals surface area contributed by atoms with Crippen molar-refractivity contribution in [1.82, 2.24) is 9.88 Å². The van der Waals surface area contributed by atoms with Gasteiger partial charge in [0.1, 0.15) is 0 Å². The van der Waals surface area contributed by atoms with Gasteiger partial charge < -0.3 is 14.7 Å². The molecule has 3 rings (SSSR count). The zero-order valence-corrected chi connectivity index (χ0v) is 14.1. The molecular weight excluding hydrogens is 300 g/mol. The Morgan fingerprint density at radius 2 is 2.41 bits per heavy atom. The maximum Gasteiger partial charge on any atom is 0.355 e. The third-order valence-electron chi connectivity index (χ3n) is 4.55. The summed E-state index contributed by atoms with van der Waals surface area (Å²) < 4.78 is 5.92. The molecule has 0 radical (unpaired) electrons. The minimum Gasteiger partial charge on any atom is -0.476 e. The van der Waals surface area contributed by atoms with E-state index in [4.69, 9.17) is 9.84 Å². The van der Waals surface area contributed by atoms with Crippen LogP contribution in [0.4, 0.5) is 0 Å². The van der Waals surface area contributed by atoms with Gasteiger partial charge in [-0.15, -0.1) is 11.3 Å². The Morgan fingerprint density at radius 1 is 1.59 bits per heavy atom. The molecule has 0 amide bonds. The van der Waals surface area contributed by atoms with E-state index in [1.807, 2.05) is 0 Å². The van der Waals surface area contributed by atoms with Crippen LogP contribution in [0.3, 0.4) is 0 Å². The first kappa shape index (κ1) is 15.9. The number of ether oxygens (including phenoxy) is 1. The van der Waals surface area contributed by atoms with Crippen LogP contribution < -0.4 is 0 Å². The quantitative estimate of drug-likeness (QED) is 0.923. The first-order valence-corrected chi connectivity index (χ1v) is 8.83. The van der Waals surface area contributed by atoms with Crippen LogP contribution in [0.15, 0.2) is 5.38 Å². The van der Waals surface area contributed by atoms with Crippen molar-refractivity contribution >= 4 is 17.3 Å². The van der Waals surface area contributed by atoms with Gasteiger partial charge in [-0.3, -0.25) is 0 Å². The molecule has 0 saturated carbocycles. The van der Waals surface area contributed by atoms with Gasteiger partial charge in [-0.2, -0.15) is 0 Å². The highest BCUT2D eigenvalue weighted by molar-refractivity contribution is 7.09. The molecule has 5 nitrogen and oxygen atoms in total. The smallest absolute Gasteiger partial charge is 0.355 e. The number of piperidine rings is 1. The number of carbonyl (C=O) groups is 1. The molecular formula is C16H24N2O3S. The van der Waals surface area contributed by atoms with Gasteiger partial charge in [0.05, 0.1) is 17.7 Å². The van der Waals surface area contributed by atoms with Gasteiger partial charge in [-0.25, -0.2) is 9.78 Å². The molecule has 2 saturated heterocycles. The van der Waals surface area contributed by atoms with E-state index in [0.29, 0.717) is 17.4 Å². The van der Waals surface area contributed by atoms with Crippen LogP contribution in [0.1, 0.15) is 54.5 Å². The molecule has 1 aromatic heterocycles. The normalized spacial score (nSPS) is 28.8. The molecule has 6 heteroatoms. The van der Waals surface area contributed by atoms with Gasteiger partial charge in [0.25, 0.3) is 0 Å². The van der Waals surface area contributed by atoms with Crippen molar-refractivity contribution in [3.8, 4) is 0 Å². The van der Waals surface area contributed by atoms with Crippen molar-refractivity contribution in [2.45, 2.75) is 45.1 Å². The first-order chi connectivity index (χ1) is 10.4. The van der Waals surface area contributed by atoms with E-state index in [9.17, 15) is 4.79 Å². The summed E-state index contributed by atoms with van der Waals surface area (Å²) in [6.45, 7) is 8.42. The Morgan fingerprint density at radius 3 is 3.05 bits per heavy atom. The zero-order chi connectivity index (χ0) is 15.7. The van der Waals surface area contributed by atoms with E-state index >= 15 is 0 Å². The van der Waals surface area contributed by atoms with Crippen LogP contribution in [0, 0.1) is 5.41 Å². The average Bonchev–Trinajstić information content (AvgIpc) is 3.06. The maximum absolute atomic E-state index is 11.0. The van der Waals surface area contributed by atoms with Crippen molar-refractivity contribution in [1.29, 1.82) is 0 Å². The largest absolute Gasteiger partial charge is 0.476 e. The molecule has 2 fully saturated rings. The highest BCUT2D eigenvalue weighted by atomic mass is 32.1. The average molecular weight is 324 g/mol. The van der Waals surface area contributed by atoms with Gasteiger partial charge in [0.2, 0.25) is 0 Å². The standard InChI is InChI=1S/C16H24N2O3S/c1-16(2)6-12(21-10-16)8-18-5-3-4-11(7-18)14-17-13(9-22-14)15(19)20/h9,11-12H,3-8,10H2,1-2H3,(H,19,20). The maximum atomic E-state index is 11.0. The van der Waals surface area contributed by atoms with E-state index < -0.39 is 5.97 Å². The molecule has 2 atom stereocenters. The van der Waals surface area contributed by atoms with Gasteiger partial charge in [0, 0.05) is 24.4 Å². The van der Waals surface area contributed by atoms with Crippen LogP contribution in [0.2, 0.25) is 0 Å². The van der Waals surface area contributed by atoms with Gasteiger partial charge in [0.15, 0.2) is 5.69 Å². The van der Waals surface area contributed by atoms with Crippen molar-refractivity contribution in [3.63, 3.8) is 0 Å². The number of carboxylic acid groups (broad SMARTS) is 1. The van der Waals surface area contributed by atoms with Crippen LogP contribution in [0.25, 0.3) is 0 Å². The number of carboxylic acids is 1. The van der Waals surface area contributed by atoms with Gasteiger partial charge in [-0.05, 0) is 31.2 Å². The molecule has 0 spiro atoms. The Balaban J connectivity index is 1.58. The van der Waals surface area contributed by atoms with Crippen LogP contribution >= 0.6 is 11.3 Å². The molecule has 2 unspecified atom stereocenters. The summed E-state index contributed by atoms with van der Waals surface area (Å²) in [6.07, 6.45) is 3.69. The number of aromatic nitrogens is 1. The fourth-order valence-corrected chi connectivity index (χ4v) is 4.40. The molecule has 1 N–H and O–H groups in total. The lowest BCUT2D eigenvalue weighted by Crippen LogP contribution is -2.39. The van der Waals surface area contributed by atoms with E-state index in [1.54, 1.807) is 5.38 Å². The van der Waals surface area contributed by atoms with Crippen LogP contribution in [0.5, 0.6) is 0 Å². The third-order valence-corrected chi connectivity index (χ3v) is 5.55. The fraction of sp³-hybridized carbons (Fsp3) is 0.750. The molecule has 0 aliphatic carbocycles. The third kappa shape index (κ3) is 3.67. The molecule has 0 bridgehead atoms. The molecule has 1 aromatic rings. The number of likely N-dealkylation sites (tertiary alicyclic amines) is 1. The van der Waals surface area contributed by atoms with Crippen LogP contribution in [-0.4, -0.2) is 53.3 Å². The predicted octanol–water partition coefficient (Wildman–Crippen LogP) is 2.84. The van der Waals surface area contributed by atoms with Crippen molar-refractivity contribution in [2.75, 3.05) is 26.2 Å². The second-order valence-corrected chi connectivity index (χ2v) is 8.17. The number of hydrogen-bond acceptors (Lipinski definition) is 5. The lowest BCUT2D eigenvalue weighted by atomic mass is 9.90. The number of rotatable bonds is 4. The summed E-state index contributed by atoms with van der Waals surface area (Å²) in [7, 11) is 0. The topological polar surface area (TPSA) is 62.7 Å².